The maximum absolute atomic E-state index is 12.5. The lowest BCUT2D eigenvalue weighted by atomic mass is 9.84. The number of hydrogen-bond acceptors (Lipinski definition) is 3. The van der Waals surface area contributed by atoms with Gasteiger partial charge in [-0.05, 0) is 51.1 Å². The van der Waals surface area contributed by atoms with Crippen LogP contribution in [0.25, 0.3) is 0 Å². The molecule has 2 aliphatic rings. The molecule has 2 rings (SSSR count). The summed E-state index contributed by atoms with van der Waals surface area (Å²) in [4.78, 5) is 26.3. The van der Waals surface area contributed by atoms with Gasteiger partial charge in [0.25, 0.3) is 0 Å². The summed E-state index contributed by atoms with van der Waals surface area (Å²) in [5, 5.41) is 6.39. The fraction of sp³-hybridized carbons (Fsp3) is 0.882. The van der Waals surface area contributed by atoms with Crippen LogP contribution in [0.3, 0.4) is 0 Å². The Hall–Kier alpha value is -0.810. The van der Waals surface area contributed by atoms with Crippen LogP contribution in [-0.2, 0) is 9.59 Å². The Kier molecular flexibility index (Phi) is 8.34. The number of carbonyl (C=O) groups is 2. The zero-order valence-corrected chi connectivity index (χ0v) is 15.3. The lowest BCUT2D eigenvalue weighted by Gasteiger charge is -2.31. The van der Waals surface area contributed by atoms with E-state index in [1.165, 1.54) is 12.8 Å². The molecule has 0 unspecified atom stereocenters. The topological polar surface area (TPSA) is 61.4 Å². The molecule has 134 valence electrons. The zero-order chi connectivity index (χ0) is 16.0. The van der Waals surface area contributed by atoms with E-state index < -0.39 is 0 Å². The minimum atomic E-state index is -0.353. The molecule has 0 bridgehead atoms. The average Bonchev–Trinajstić information content (AvgIpc) is 3.01. The van der Waals surface area contributed by atoms with Crippen molar-refractivity contribution in [1.29, 1.82) is 0 Å². The Balaban J connectivity index is 0.00000264. The lowest BCUT2D eigenvalue weighted by molar-refractivity contribution is -0.139. The fourth-order valence-electron chi connectivity index (χ4n) is 3.85. The van der Waals surface area contributed by atoms with Gasteiger partial charge in [0, 0.05) is 27.1 Å². The highest BCUT2D eigenvalue weighted by atomic mass is 35.5. The first-order valence-corrected chi connectivity index (χ1v) is 8.73. The van der Waals surface area contributed by atoms with Crippen molar-refractivity contribution in [3.8, 4) is 0 Å². The SMILES string of the molecule is CN(C)C(=O)C1(CNC(=O)CCC2CCNCC2)CCCC1.Cl. The van der Waals surface area contributed by atoms with E-state index in [2.05, 4.69) is 10.6 Å². The summed E-state index contributed by atoms with van der Waals surface area (Å²) in [5.41, 5.74) is -0.353. The second-order valence-corrected chi connectivity index (χ2v) is 7.20. The van der Waals surface area contributed by atoms with Gasteiger partial charge in [-0.1, -0.05) is 12.8 Å². The van der Waals surface area contributed by atoms with Gasteiger partial charge in [-0.2, -0.15) is 0 Å². The van der Waals surface area contributed by atoms with E-state index in [-0.39, 0.29) is 29.6 Å². The molecular formula is C17H32ClN3O2. The Labute approximate surface area is 146 Å². The molecule has 1 saturated carbocycles. The summed E-state index contributed by atoms with van der Waals surface area (Å²) in [6.45, 7) is 2.66. The van der Waals surface area contributed by atoms with Gasteiger partial charge in [-0.25, -0.2) is 0 Å². The molecule has 5 nitrogen and oxygen atoms in total. The van der Waals surface area contributed by atoms with Crippen LogP contribution in [0, 0.1) is 11.3 Å². The number of nitrogens with one attached hydrogen (secondary N) is 2. The summed E-state index contributed by atoms with van der Waals surface area (Å²) in [6, 6.07) is 0. The number of hydrogen-bond donors (Lipinski definition) is 2. The molecule has 1 aliphatic heterocycles. The Morgan fingerprint density at radius 3 is 2.35 bits per heavy atom. The van der Waals surface area contributed by atoms with Gasteiger partial charge >= 0.3 is 0 Å². The molecule has 0 radical (unpaired) electrons. The predicted octanol–water partition coefficient (Wildman–Crippen LogP) is 1.95. The molecule has 2 amide bonds. The first-order valence-electron chi connectivity index (χ1n) is 8.73. The van der Waals surface area contributed by atoms with E-state index in [1.807, 2.05) is 0 Å². The fourth-order valence-corrected chi connectivity index (χ4v) is 3.85. The van der Waals surface area contributed by atoms with E-state index in [4.69, 9.17) is 0 Å². The van der Waals surface area contributed by atoms with E-state index in [0.717, 1.165) is 45.2 Å². The molecule has 0 aromatic heterocycles. The third-order valence-corrected chi connectivity index (χ3v) is 5.28. The van der Waals surface area contributed by atoms with Crippen LogP contribution < -0.4 is 10.6 Å². The van der Waals surface area contributed by atoms with Gasteiger partial charge < -0.3 is 15.5 Å². The third kappa shape index (κ3) is 5.64. The number of nitrogens with zero attached hydrogens (tertiary/aromatic N) is 1. The van der Waals surface area contributed by atoms with Crippen molar-refractivity contribution < 1.29 is 9.59 Å². The van der Waals surface area contributed by atoms with Crippen molar-refractivity contribution in [3.63, 3.8) is 0 Å². The molecular weight excluding hydrogens is 314 g/mol. The second kappa shape index (κ2) is 9.48. The van der Waals surface area contributed by atoms with Crippen molar-refractivity contribution in [2.75, 3.05) is 33.7 Å². The number of rotatable bonds is 6. The monoisotopic (exact) mass is 345 g/mol. The molecule has 23 heavy (non-hydrogen) atoms. The quantitative estimate of drug-likeness (QED) is 0.773. The van der Waals surface area contributed by atoms with E-state index in [0.29, 0.717) is 18.9 Å². The van der Waals surface area contributed by atoms with Gasteiger partial charge in [-0.15, -0.1) is 12.4 Å². The second-order valence-electron chi connectivity index (χ2n) is 7.20. The van der Waals surface area contributed by atoms with Crippen LogP contribution in [0.15, 0.2) is 0 Å². The highest BCUT2D eigenvalue weighted by Gasteiger charge is 2.42. The molecule has 0 atom stereocenters. The number of amides is 2. The molecule has 0 aromatic carbocycles. The van der Waals surface area contributed by atoms with Crippen LogP contribution in [0.2, 0.25) is 0 Å². The lowest BCUT2D eigenvalue weighted by Crippen LogP contribution is -2.46. The van der Waals surface area contributed by atoms with E-state index >= 15 is 0 Å². The third-order valence-electron chi connectivity index (χ3n) is 5.28. The summed E-state index contributed by atoms with van der Waals surface area (Å²) >= 11 is 0. The maximum atomic E-state index is 12.5. The largest absolute Gasteiger partial charge is 0.355 e. The molecule has 0 aromatic rings. The predicted molar refractivity (Wildman–Crippen MR) is 94.7 cm³/mol. The summed E-state index contributed by atoms with van der Waals surface area (Å²) in [6.07, 6.45) is 7.90. The molecule has 2 N–H and O–H groups in total. The van der Waals surface area contributed by atoms with Gasteiger partial charge in [0.1, 0.15) is 0 Å². The molecule has 0 spiro atoms. The van der Waals surface area contributed by atoms with Crippen LogP contribution in [0.5, 0.6) is 0 Å². The molecule has 1 saturated heterocycles. The Morgan fingerprint density at radius 2 is 1.78 bits per heavy atom. The van der Waals surface area contributed by atoms with Crippen LogP contribution >= 0.6 is 12.4 Å². The first kappa shape index (κ1) is 20.2. The van der Waals surface area contributed by atoms with Crippen molar-refractivity contribution in [1.82, 2.24) is 15.5 Å². The van der Waals surface area contributed by atoms with Gasteiger partial charge in [-0.3, -0.25) is 9.59 Å². The van der Waals surface area contributed by atoms with Crippen molar-refractivity contribution in [2.45, 2.75) is 51.4 Å². The van der Waals surface area contributed by atoms with Crippen molar-refractivity contribution in [2.24, 2.45) is 11.3 Å². The highest BCUT2D eigenvalue weighted by molar-refractivity contribution is 5.85. The van der Waals surface area contributed by atoms with Crippen molar-refractivity contribution >= 4 is 24.2 Å². The van der Waals surface area contributed by atoms with Crippen LogP contribution in [0.4, 0.5) is 0 Å². The Morgan fingerprint density at radius 1 is 1.17 bits per heavy atom. The average molecular weight is 346 g/mol. The number of carbonyl (C=O) groups excluding carboxylic acids is 2. The molecule has 6 heteroatoms. The maximum Gasteiger partial charge on any atom is 0.230 e. The van der Waals surface area contributed by atoms with E-state index in [1.54, 1.807) is 19.0 Å². The molecule has 1 aliphatic carbocycles. The smallest absolute Gasteiger partial charge is 0.230 e. The minimum Gasteiger partial charge on any atom is -0.355 e. The number of halogens is 1. The molecule has 1 heterocycles. The van der Waals surface area contributed by atoms with Crippen molar-refractivity contribution in [3.05, 3.63) is 0 Å². The summed E-state index contributed by atoms with van der Waals surface area (Å²) in [5.74, 6) is 0.955. The Bertz CT molecular complexity index is 389. The van der Waals surface area contributed by atoms with Gasteiger partial charge in [0.2, 0.25) is 11.8 Å². The van der Waals surface area contributed by atoms with Gasteiger partial charge in [0.15, 0.2) is 0 Å². The van der Waals surface area contributed by atoms with E-state index in [9.17, 15) is 9.59 Å². The van der Waals surface area contributed by atoms with Crippen LogP contribution in [0.1, 0.15) is 51.4 Å². The van der Waals surface area contributed by atoms with Crippen LogP contribution in [-0.4, -0.2) is 50.4 Å². The molecule has 2 fully saturated rings. The number of piperidine rings is 1. The van der Waals surface area contributed by atoms with Gasteiger partial charge in [0.05, 0.1) is 5.41 Å². The first-order chi connectivity index (χ1) is 10.5. The normalized spacial score (nSPS) is 20.6. The summed E-state index contributed by atoms with van der Waals surface area (Å²) in [7, 11) is 3.61. The standard InChI is InChI=1S/C17H31N3O2.ClH/c1-20(2)16(22)17(9-3-4-10-17)13-19-15(21)6-5-14-7-11-18-12-8-14;/h14,18H,3-13H2,1-2H3,(H,19,21);1H. The highest BCUT2D eigenvalue weighted by Crippen LogP contribution is 2.38. The minimum absolute atomic E-state index is 0. The summed E-state index contributed by atoms with van der Waals surface area (Å²) < 4.78 is 0. The zero-order valence-electron chi connectivity index (χ0n) is 14.5.